The number of esters is 1. The zero-order valence-electron chi connectivity index (χ0n) is 30.7. The first-order chi connectivity index (χ1) is 26.2. The normalized spacial score (nSPS) is 13.5. The van der Waals surface area contributed by atoms with E-state index in [2.05, 4.69) is 5.16 Å². The summed E-state index contributed by atoms with van der Waals surface area (Å²) in [5.74, 6) is 1.07. The van der Waals surface area contributed by atoms with E-state index in [-0.39, 0.29) is 11.5 Å². The van der Waals surface area contributed by atoms with Gasteiger partial charge in [-0.05, 0) is 77.7 Å². The van der Waals surface area contributed by atoms with Gasteiger partial charge < -0.3 is 33.4 Å². The molecule has 1 fully saturated rings. The molecule has 0 atom stereocenters. The van der Waals surface area contributed by atoms with E-state index in [0.29, 0.717) is 64.9 Å². The van der Waals surface area contributed by atoms with Gasteiger partial charge in [0, 0.05) is 34.8 Å². The Morgan fingerprint density at radius 2 is 1.41 bits per heavy atom. The predicted molar refractivity (Wildman–Crippen MR) is 213 cm³/mol. The van der Waals surface area contributed by atoms with Gasteiger partial charge in [0.15, 0.2) is 17.2 Å². The molecule has 54 heavy (non-hydrogen) atoms. The SMILES string of the molecule is CO/C=C(/C(=O)OC)c1ccccc1O/N=C(C)/C=C/c1ccc(Cl)cc1.COc1ccc(/C(=C/C(=O)N2CCOCC2)c2ccc(Cl)cc2)cc1OC. The van der Waals surface area contributed by atoms with E-state index < -0.39 is 5.97 Å². The quantitative estimate of drug-likeness (QED) is 0.0464. The second-order valence-electron chi connectivity index (χ2n) is 11.5. The third kappa shape index (κ3) is 12.0. The standard InChI is InChI=1S/C21H22ClNO4.C21H20ClNO4/c1-25-19-8-5-16(13-20(19)26-2)18(15-3-6-17(22)7-4-15)14-21(24)23-9-11-27-12-10-23;1-15(8-9-16-10-12-17(22)13-11-16)23-27-20-7-5-4-6-18(20)19(14-25-2)21(24)26-3/h3-8,13-14H,9-12H2,1-2H3;4-14H,1-3H3/b18-14+;9-8+,19-14+,23-15+. The van der Waals surface area contributed by atoms with Gasteiger partial charge in [0.25, 0.3) is 0 Å². The summed E-state index contributed by atoms with van der Waals surface area (Å²) in [6.45, 7) is 4.12. The third-order valence-electron chi connectivity index (χ3n) is 7.93. The highest BCUT2D eigenvalue weighted by molar-refractivity contribution is 6.30. The zero-order chi connectivity index (χ0) is 38.9. The summed E-state index contributed by atoms with van der Waals surface area (Å²) >= 11 is 11.9. The Hall–Kier alpha value is -5.55. The van der Waals surface area contributed by atoms with Crippen molar-refractivity contribution in [1.29, 1.82) is 0 Å². The van der Waals surface area contributed by atoms with Gasteiger partial charge in [-0.25, -0.2) is 4.79 Å². The minimum Gasteiger partial charge on any atom is -0.503 e. The largest absolute Gasteiger partial charge is 0.503 e. The number of benzene rings is 4. The van der Waals surface area contributed by atoms with Gasteiger partial charge in [-0.3, -0.25) is 4.79 Å². The van der Waals surface area contributed by atoms with Gasteiger partial charge in [-0.2, -0.15) is 0 Å². The van der Waals surface area contributed by atoms with E-state index in [9.17, 15) is 9.59 Å². The van der Waals surface area contributed by atoms with Crippen molar-refractivity contribution >= 4 is 58.0 Å². The van der Waals surface area contributed by atoms with E-state index in [1.807, 2.05) is 78.9 Å². The van der Waals surface area contributed by atoms with Gasteiger partial charge in [-0.15, -0.1) is 0 Å². The summed E-state index contributed by atoms with van der Waals surface area (Å²) in [5, 5.41) is 5.43. The average molecular weight is 774 g/mol. The van der Waals surface area contributed by atoms with Crippen molar-refractivity contribution in [2.45, 2.75) is 6.92 Å². The number of nitrogens with zero attached hydrogens (tertiary/aromatic N) is 2. The molecule has 4 aromatic rings. The van der Waals surface area contributed by atoms with Gasteiger partial charge >= 0.3 is 5.97 Å². The van der Waals surface area contributed by atoms with Crippen LogP contribution >= 0.6 is 23.2 Å². The van der Waals surface area contributed by atoms with Crippen LogP contribution in [0.1, 0.15) is 29.2 Å². The van der Waals surface area contributed by atoms with Crippen LogP contribution in [0.25, 0.3) is 17.2 Å². The van der Waals surface area contributed by atoms with Crippen molar-refractivity contribution in [3.63, 3.8) is 0 Å². The first kappa shape index (κ1) is 41.2. The number of allylic oxidation sites excluding steroid dienone is 1. The highest BCUT2D eigenvalue weighted by atomic mass is 35.5. The monoisotopic (exact) mass is 772 g/mol. The summed E-state index contributed by atoms with van der Waals surface area (Å²) in [7, 11) is 5.94. The number of morpholine rings is 1. The third-order valence-corrected chi connectivity index (χ3v) is 8.44. The molecule has 12 heteroatoms. The maximum absolute atomic E-state index is 12.8. The molecular weight excluding hydrogens is 731 g/mol. The molecule has 282 valence electrons. The van der Waals surface area contributed by atoms with E-state index >= 15 is 0 Å². The molecule has 4 aromatic carbocycles. The van der Waals surface area contributed by atoms with Crippen LogP contribution in [0.3, 0.4) is 0 Å². The Balaban J connectivity index is 0.000000241. The van der Waals surface area contributed by atoms with Crippen molar-refractivity contribution in [3.8, 4) is 17.2 Å². The summed E-state index contributed by atoms with van der Waals surface area (Å²) in [6.07, 6.45) is 6.69. The fraction of sp³-hybridized carbons (Fsp3) is 0.214. The summed E-state index contributed by atoms with van der Waals surface area (Å²) < 4.78 is 25.8. The van der Waals surface area contributed by atoms with Gasteiger partial charge in [-0.1, -0.05) is 83.0 Å². The van der Waals surface area contributed by atoms with Crippen LogP contribution in [-0.2, 0) is 23.8 Å². The van der Waals surface area contributed by atoms with Gasteiger partial charge in [0.2, 0.25) is 5.91 Å². The first-order valence-corrected chi connectivity index (χ1v) is 17.6. The number of amides is 1. The molecule has 0 N–H and O–H groups in total. The summed E-state index contributed by atoms with van der Waals surface area (Å²) in [4.78, 5) is 32.1. The average Bonchev–Trinajstić information content (AvgIpc) is 3.21. The highest BCUT2D eigenvalue weighted by Crippen LogP contribution is 2.33. The van der Waals surface area contributed by atoms with E-state index in [0.717, 1.165) is 22.3 Å². The molecule has 0 bridgehead atoms. The molecule has 1 amide bonds. The number of methoxy groups -OCH3 is 4. The second kappa shape index (κ2) is 21.2. The fourth-order valence-electron chi connectivity index (χ4n) is 5.13. The number of hydrogen-bond donors (Lipinski definition) is 0. The number of halogens is 2. The lowest BCUT2D eigenvalue weighted by atomic mass is 9.96. The van der Waals surface area contributed by atoms with Gasteiger partial charge in [0.05, 0.1) is 53.6 Å². The summed E-state index contributed by atoms with van der Waals surface area (Å²) in [6, 6.07) is 27.5. The first-order valence-electron chi connectivity index (χ1n) is 16.8. The second-order valence-corrected chi connectivity index (χ2v) is 12.4. The molecule has 0 unspecified atom stereocenters. The highest BCUT2D eigenvalue weighted by Gasteiger charge is 2.19. The van der Waals surface area contributed by atoms with Crippen LogP contribution < -0.4 is 14.3 Å². The number of rotatable bonds is 12. The minimum atomic E-state index is -0.531. The number of hydrogen-bond acceptors (Lipinski definition) is 9. The lowest BCUT2D eigenvalue weighted by Crippen LogP contribution is -2.39. The molecule has 5 rings (SSSR count). The Morgan fingerprint density at radius 3 is 2.04 bits per heavy atom. The topological polar surface area (TPSA) is 105 Å². The molecule has 1 aliphatic rings. The molecule has 1 saturated heterocycles. The molecule has 0 saturated carbocycles. The molecule has 0 aliphatic carbocycles. The summed E-state index contributed by atoms with van der Waals surface area (Å²) in [5.41, 5.74) is 4.94. The molecule has 0 aromatic heterocycles. The lowest BCUT2D eigenvalue weighted by molar-refractivity contribution is -0.134. The minimum absolute atomic E-state index is 0.0435. The molecule has 0 radical (unpaired) electrons. The zero-order valence-corrected chi connectivity index (χ0v) is 32.2. The smallest absolute Gasteiger partial charge is 0.341 e. The van der Waals surface area contributed by atoms with E-state index in [1.165, 1.54) is 20.5 Å². The van der Waals surface area contributed by atoms with Crippen molar-refractivity contribution in [3.05, 3.63) is 142 Å². The van der Waals surface area contributed by atoms with Crippen molar-refractivity contribution in [2.75, 3.05) is 54.7 Å². The Morgan fingerprint density at radius 1 is 0.778 bits per heavy atom. The van der Waals surface area contributed by atoms with Crippen LogP contribution in [0, 0.1) is 0 Å². The molecule has 0 spiro atoms. The predicted octanol–water partition coefficient (Wildman–Crippen LogP) is 8.62. The molecular formula is C42H42Cl2N2O8. The molecule has 10 nitrogen and oxygen atoms in total. The molecule has 1 heterocycles. The van der Waals surface area contributed by atoms with Crippen LogP contribution in [0.15, 0.2) is 115 Å². The van der Waals surface area contributed by atoms with Crippen LogP contribution in [0.5, 0.6) is 17.2 Å². The van der Waals surface area contributed by atoms with Crippen molar-refractivity contribution in [2.24, 2.45) is 5.16 Å². The maximum atomic E-state index is 12.8. The molecule has 1 aliphatic heterocycles. The van der Waals surface area contributed by atoms with Gasteiger partial charge in [0.1, 0.15) is 5.57 Å². The number of ether oxygens (including phenoxy) is 5. The van der Waals surface area contributed by atoms with Crippen LogP contribution in [0.4, 0.5) is 0 Å². The number of para-hydroxylation sites is 1. The Kier molecular flexibility index (Phi) is 16.2. The Labute approximate surface area is 325 Å². The fourth-order valence-corrected chi connectivity index (χ4v) is 5.38. The van der Waals surface area contributed by atoms with Crippen molar-refractivity contribution in [1.82, 2.24) is 4.90 Å². The number of carbonyl (C=O) groups is 2. The number of carbonyl (C=O) groups excluding carboxylic acids is 2. The van der Waals surface area contributed by atoms with E-state index in [1.54, 1.807) is 56.4 Å². The Bertz CT molecular complexity index is 1980. The van der Waals surface area contributed by atoms with E-state index in [4.69, 9.17) is 51.7 Å². The van der Waals surface area contributed by atoms with Crippen molar-refractivity contribution < 1.29 is 38.1 Å². The maximum Gasteiger partial charge on any atom is 0.341 e. The van der Waals surface area contributed by atoms with Crippen LogP contribution in [0.2, 0.25) is 10.0 Å². The number of oxime groups is 1. The van der Waals surface area contributed by atoms with Crippen LogP contribution in [-0.4, -0.2) is 77.2 Å². The lowest BCUT2D eigenvalue weighted by Gasteiger charge is -2.26.